The maximum Gasteiger partial charge on any atom is 0.241 e. The first kappa shape index (κ1) is 16.6. The summed E-state index contributed by atoms with van der Waals surface area (Å²) in [7, 11) is 0. The Morgan fingerprint density at radius 2 is 1.84 bits per heavy atom. The maximum atomic E-state index is 9.39. The lowest BCUT2D eigenvalue weighted by atomic mass is 10.2. The molecule has 25 heavy (non-hydrogen) atoms. The number of halogens is 1. The number of rotatable bonds is 4. The molecule has 130 valence electrons. The van der Waals surface area contributed by atoms with Crippen LogP contribution >= 0.6 is 27.3 Å². The zero-order chi connectivity index (χ0) is 17.2. The average molecular weight is 421 g/mol. The SMILES string of the molecule is Oc1ccc(N2CCN(Cc3nc(-c4ccc(Br)s4)no3)CC2)cc1. The Morgan fingerprint density at radius 1 is 1.08 bits per heavy atom. The lowest BCUT2D eigenvalue weighted by molar-refractivity contribution is 0.215. The summed E-state index contributed by atoms with van der Waals surface area (Å²) in [6, 6.07) is 11.3. The number of nitrogens with zero attached hydrogens (tertiary/aromatic N) is 4. The summed E-state index contributed by atoms with van der Waals surface area (Å²) >= 11 is 5.04. The van der Waals surface area contributed by atoms with Crippen LogP contribution in [0.25, 0.3) is 10.7 Å². The van der Waals surface area contributed by atoms with Gasteiger partial charge in [0, 0.05) is 31.9 Å². The molecule has 1 aromatic carbocycles. The molecule has 1 saturated heterocycles. The van der Waals surface area contributed by atoms with Crippen LogP contribution in [-0.4, -0.2) is 46.3 Å². The minimum Gasteiger partial charge on any atom is -0.508 e. The fraction of sp³-hybridized carbons (Fsp3) is 0.294. The van der Waals surface area contributed by atoms with Gasteiger partial charge in [0.1, 0.15) is 5.75 Å². The summed E-state index contributed by atoms with van der Waals surface area (Å²) in [5.41, 5.74) is 1.14. The van der Waals surface area contributed by atoms with Crippen molar-refractivity contribution in [1.29, 1.82) is 0 Å². The molecule has 0 atom stereocenters. The van der Waals surface area contributed by atoms with Crippen LogP contribution in [0.15, 0.2) is 44.7 Å². The molecule has 0 saturated carbocycles. The van der Waals surface area contributed by atoms with Gasteiger partial charge in [-0.05, 0) is 52.3 Å². The van der Waals surface area contributed by atoms with E-state index in [-0.39, 0.29) is 0 Å². The number of aromatic hydroxyl groups is 1. The molecule has 0 radical (unpaired) electrons. The number of aromatic nitrogens is 2. The van der Waals surface area contributed by atoms with Crippen molar-refractivity contribution in [3.8, 4) is 16.5 Å². The minimum atomic E-state index is 0.298. The van der Waals surface area contributed by atoms with Gasteiger partial charge in [-0.2, -0.15) is 4.98 Å². The lowest BCUT2D eigenvalue weighted by Crippen LogP contribution is -2.46. The number of phenols is 1. The second-order valence-corrected chi connectivity index (χ2v) is 8.36. The van der Waals surface area contributed by atoms with Crippen LogP contribution in [-0.2, 0) is 6.54 Å². The van der Waals surface area contributed by atoms with Crippen molar-refractivity contribution in [2.24, 2.45) is 0 Å². The van der Waals surface area contributed by atoms with Crippen molar-refractivity contribution in [3.05, 3.63) is 46.1 Å². The van der Waals surface area contributed by atoms with E-state index in [1.54, 1.807) is 23.5 Å². The Balaban J connectivity index is 1.34. The summed E-state index contributed by atoms with van der Waals surface area (Å²) in [6.07, 6.45) is 0. The Labute approximate surface area is 157 Å². The molecular weight excluding hydrogens is 404 g/mol. The monoisotopic (exact) mass is 420 g/mol. The molecule has 1 aliphatic heterocycles. The van der Waals surface area contributed by atoms with Gasteiger partial charge in [-0.3, -0.25) is 4.90 Å². The van der Waals surface area contributed by atoms with Crippen LogP contribution in [0.4, 0.5) is 5.69 Å². The molecule has 0 amide bonds. The van der Waals surface area contributed by atoms with E-state index in [1.165, 1.54) is 0 Å². The standard InChI is InChI=1S/C17H17BrN4O2S/c18-15-6-5-14(25-15)17-19-16(24-20-17)11-21-7-9-22(10-8-21)12-1-3-13(23)4-2-12/h1-6,23H,7-11H2. The van der Waals surface area contributed by atoms with Crippen LogP contribution in [0.2, 0.25) is 0 Å². The van der Waals surface area contributed by atoms with Gasteiger partial charge in [-0.1, -0.05) is 5.16 Å². The molecule has 0 aliphatic carbocycles. The number of benzene rings is 1. The molecule has 2 aromatic heterocycles. The molecule has 1 aliphatic rings. The number of hydrogen-bond acceptors (Lipinski definition) is 7. The molecule has 1 N–H and O–H groups in total. The van der Waals surface area contributed by atoms with E-state index in [1.807, 2.05) is 24.3 Å². The lowest BCUT2D eigenvalue weighted by Gasteiger charge is -2.35. The second-order valence-electron chi connectivity index (χ2n) is 5.90. The molecule has 1 fully saturated rings. The van der Waals surface area contributed by atoms with E-state index in [0.717, 1.165) is 40.5 Å². The molecule has 0 bridgehead atoms. The van der Waals surface area contributed by atoms with Crippen molar-refractivity contribution >= 4 is 33.0 Å². The van der Waals surface area contributed by atoms with E-state index >= 15 is 0 Å². The first-order valence-electron chi connectivity index (χ1n) is 8.02. The number of hydrogen-bond donors (Lipinski definition) is 1. The van der Waals surface area contributed by atoms with Crippen molar-refractivity contribution < 1.29 is 9.63 Å². The first-order valence-corrected chi connectivity index (χ1v) is 9.63. The highest BCUT2D eigenvalue weighted by Crippen LogP contribution is 2.29. The van der Waals surface area contributed by atoms with Gasteiger partial charge in [-0.15, -0.1) is 11.3 Å². The summed E-state index contributed by atoms with van der Waals surface area (Å²) in [5.74, 6) is 1.60. The van der Waals surface area contributed by atoms with Gasteiger partial charge in [0.15, 0.2) is 0 Å². The fourth-order valence-corrected chi connectivity index (χ4v) is 4.18. The van der Waals surface area contributed by atoms with Crippen LogP contribution in [0, 0.1) is 0 Å². The summed E-state index contributed by atoms with van der Waals surface area (Å²) in [4.78, 5) is 10.1. The third-order valence-corrected chi connectivity index (χ3v) is 5.83. The van der Waals surface area contributed by atoms with Crippen molar-refractivity contribution in [2.75, 3.05) is 31.1 Å². The average Bonchev–Trinajstić information content (AvgIpc) is 3.25. The van der Waals surface area contributed by atoms with E-state index in [2.05, 4.69) is 35.9 Å². The summed E-state index contributed by atoms with van der Waals surface area (Å²) in [6.45, 7) is 4.41. The highest BCUT2D eigenvalue weighted by atomic mass is 79.9. The molecule has 0 spiro atoms. The number of anilines is 1. The van der Waals surface area contributed by atoms with Gasteiger partial charge in [0.25, 0.3) is 0 Å². The Kier molecular flexibility index (Phi) is 4.74. The molecule has 3 aromatic rings. The first-order chi connectivity index (χ1) is 12.2. The largest absolute Gasteiger partial charge is 0.508 e. The van der Waals surface area contributed by atoms with Crippen LogP contribution in [0.3, 0.4) is 0 Å². The van der Waals surface area contributed by atoms with Crippen molar-refractivity contribution in [2.45, 2.75) is 6.54 Å². The number of piperazine rings is 1. The van der Waals surface area contributed by atoms with Crippen molar-refractivity contribution in [3.63, 3.8) is 0 Å². The predicted molar refractivity (Wildman–Crippen MR) is 101 cm³/mol. The van der Waals surface area contributed by atoms with E-state index < -0.39 is 0 Å². The zero-order valence-electron chi connectivity index (χ0n) is 13.4. The highest BCUT2D eigenvalue weighted by molar-refractivity contribution is 9.11. The second kappa shape index (κ2) is 7.15. The fourth-order valence-electron chi connectivity index (χ4n) is 2.87. The minimum absolute atomic E-state index is 0.298. The Hall–Kier alpha value is -1.90. The van der Waals surface area contributed by atoms with E-state index in [4.69, 9.17) is 4.52 Å². The van der Waals surface area contributed by atoms with Crippen LogP contribution in [0.5, 0.6) is 5.75 Å². The topological polar surface area (TPSA) is 65.6 Å². The zero-order valence-corrected chi connectivity index (χ0v) is 15.8. The number of phenolic OH excluding ortho intramolecular Hbond substituents is 1. The summed E-state index contributed by atoms with van der Waals surface area (Å²) in [5, 5.41) is 13.5. The van der Waals surface area contributed by atoms with Gasteiger partial charge in [-0.25, -0.2) is 0 Å². The molecular formula is C17H17BrN4O2S. The third-order valence-electron chi connectivity index (χ3n) is 4.21. The van der Waals surface area contributed by atoms with Gasteiger partial charge >= 0.3 is 0 Å². The van der Waals surface area contributed by atoms with E-state index in [0.29, 0.717) is 24.0 Å². The molecule has 4 rings (SSSR count). The van der Waals surface area contributed by atoms with Gasteiger partial charge in [0.2, 0.25) is 11.7 Å². The smallest absolute Gasteiger partial charge is 0.241 e. The quantitative estimate of drug-likeness (QED) is 0.695. The predicted octanol–water partition coefficient (Wildman–Crippen LogP) is 3.59. The van der Waals surface area contributed by atoms with Crippen molar-refractivity contribution in [1.82, 2.24) is 15.0 Å². The normalized spacial score (nSPS) is 15.6. The summed E-state index contributed by atoms with van der Waals surface area (Å²) < 4.78 is 6.46. The van der Waals surface area contributed by atoms with Crippen LogP contribution < -0.4 is 4.90 Å². The third kappa shape index (κ3) is 3.86. The Bertz CT molecular complexity index is 840. The molecule has 8 heteroatoms. The number of thiophene rings is 1. The van der Waals surface area contributed by atoms with Crippen LogP contribution in [0.1, 0.15) is 5.89 Å². The van der Waals surface area contributed by atoms with Gasteiger partial charge in [0.05, 0.1) is 15.2 Å². The maximum absolute atomic E-state index is 9.39. The molecule has 0 unspecified atom stereocenters. The Morgan fingerprint density at radius 3 is 2.52 bits per heavy atom. The highest BCUT2D eigenvalue weighted by Gasteiger charge is 2.20. The molecule has 3 heterocycles. The molecule has 6 nitrogen and oxygen atoms in total. The van der Waals surface area contributed by atoms with Gasteiger partial charge < -0.3 is 14.5 Å². The van der Waals surface area contributed by atoms with E-state index in [9.17, 15) is 5.11 Å².